The molecule has 3 rings (SSSR count). The van der Waals surface area contributed by atoms with E-state index in [0.717, 1.165) is 11.6 Å². The van der Waals surface area contributed by atoms with Crippen LogP contribution in [-0.4, -0.2) is 0 Å². The van der Waals surface area contributed by atoms with Gasteiger partial charge in [0.25, 0.3) is 0 Å². The quantitative estimate of drug-likeness (QED) is 0.809. The third-order valence-electron chi connectivity index (χ3n) is 3.16. The Balaban J connectivity index is 1.99. The normalized spacial score (nSPS) is 17.4. The average Bonchev–Trinajstić information content (AvgIpc) is 2.73. The predicted octanol–water partition coefficient (Wildman–Crippen LogP) is 4.33. The highest BCUT2D eigenvalue weighted by Gasteiger charge is 2.26. The van der Waals surface area contributed by atoms with Crippen molar-refractivity contribution >= 4 is 17.3 Å². The van der Waals surface area contributed by atoms with Gasteiger partial charge in [-0.3, -0.25) is 0 Å². The third kappa shape index (κ3) is 1.85. The molecule has 18 heavy (non-hydrogen) atoms. The molecule has 1 unspecified atom stereocenters. The van der Waals surface area contributed by atoms with Crippen LogP contribution in [0, 0.1) is 11.6 Å². The lowest BCUT2D eigenvalue weighted by molar-refractivity contribution is 0.585. The lowest BCUT2D eigenvalue weighted by Gasteiger charge is -2.13. The van der Waals surface area contributed by atoms with Crippen LogP contribution >= 0.6 is 11.6 Å². The Morgan fingerprint density at radius 2 is 1.94 bits per heavy atom. The summed E-state index contributed by atoms with van der Waals surface area (Å²) >= 11 is 6.11. The summed E-state index contributed by atoms with van der Waals surface area (Å²) in [6.07, 6.45) is 0.535. The Bertz CT molecular complexity index is 613. The van der Waals surface area contributed by atoms with Crippen LogP contribution in [0.25, 0.3) is 0 Å². The number of hydrogen-bond acceptors (Lipinski definition) is 1. The largest absolute Gasteiger partial charge is 0.375 e. The molecule has 0 aliphatic carbocycles. The van der Waals surface area contributed by atoms with Crippen molar-refractivity contribution in [2.24, 2.45) is 0 Å². The molecule has 1 nitrogen and oxygen atoms in total. The van der Waals surface area contributed by atoms with Crippen LogP contribution < -0.4 is 5.32 Å². The van der Waals surface area contributed by atoms with Crippen molar-refractivity contribution in [3.63, 3.8) is 0 Å². The molecule has 92 valence electrons. The minimum atomic E-state index is -0.556. The van der Waals surface area contributed by atoms with Crippen LogP contribution in [0.1, 0.15) is 17.2 Å². The standard InChI is InChI=1S/C14H10ClF2N/c15-11-4-2-1-3-10(11)13-6-8-5-9(16)7-12(17)14(8)18-13/h1-5,7,13,18H,6H2. The van der Waals surface area contributed by atoms with Crippen molar-refractivity contribution in [2.75, 3.05) is 5.32 Å². The van der Waals surface area contributed by atoms with Crippen molar-refractivity contribution in [3.05, 3.63) is 64.2 Å². The zero-order valence-electron chi connectivity index (χ0n) is 9.38. The first kappa shape index (κ1) is 11.5. The molecule has 1 heterocycles. The highest BCUT2D eigenvalue weighted by atomic mass is 35.5. The Morgan fingerprint density at radius 3 is 2.72 bits per heavy atom. The Morgan fingerprint density at radius 1 is 1.17 bits per heavy atom. The molecule has 1 N–H and O–H groups in total. The number of hydrogen-bond donors (Lipinski definition) is 1. The van der Waals surface area contributed by atoms with E-state index in [-0.39, 0.29) is 6.04 Å². The highest BCUT2D eigenvalue weighted by Crippen LogP contribution is 2.38. The van der Waals surface area contributed by atoms with Gasteiger partial charge in [-0.1, -0.05) is 29.8 Å². The number of nitrogens with one attached hydrogen (secondary N) is 1. The highest BCUT2D eigenvalue weighted by molar-refractivity contribution is 6.31. The summed E-state index contributed by atoms with van der Waals surface area (Å²) in [6, 6.07) is 9.55. The molecule has 1 aliphatic rings. The maximum Gasteiger partial charge on any atom is 0.149 e. The van der Waals surface area contributed by atoms with Gasteiger partial charge in [0.2, 0.25) is 0 Å². The second-order valence-electron chi connectivity index (χ2n) is 4.34. The smallest absolute Gasteiger partial charge is 0.149 e. The molecule has 2 aromatic carbocycles. The number of anilines is 1. The Labute approximate surface area is 108 Å². The van der Waals surface area contributed by atoms with E-state index >= 15 is 0 Å². The molecule has 0 aromatic heterocycles. The van der Waals surface area contributed by atoms with E-state index in [1.54, 1.807) is 6.07 Å². The molecule has 0 bridgehead atoms. The first-order chi connectivity index (χ1) is 8.65. The zero-order valence-corrected chi connectivity index (χ0v) is 10.1. The van der Waals surface area contributed by atoms with E-state index in [0.29, 0.717) is 22.7 Å². The zero-order chi connectivity index (χ0) is 12.7. The van der Waals surface area contributed by atoms with Gasteiger partial charge < -0.3 is 5.32 Å². The topological polar surface area (TPSA) is 12.0 Å². The number of rotatable bonds is 1. The second kappa shape index (κ2) is 4.25. The average molecular weight is 266 g/mol. The number of halogens is 3. The maximum absolute atomic E-state index is 13.6. The van der Waals surface area contributed by atoms with E-state index in [9.17, 15) is 8.78 Å². The van der Waals surface area contributed by atoms with Gasteiger partial charge in [-0.2, -0.15) is 0 Å². The van der Waals surface area contributed by atoms with Gasteiger partial charge in [-0.25, -0.2) is 8.78 Å². The van der Waals surface area contributed by atoms with Gasteiger partial charge in [-0.05, 0) is 29.7 Å². The van der Waals surface area contributed by atoms with Gasteiger partial charge in [-0.15, -0.1) is 0 Å². The van der Waals surface area contributed by atoms with Crippen LogP contribution in [0.3, 0.4) is 0 Å². The van der Waals surface area contributed by atoms with Crippen LogP contribution in [0.15, 0.2) is 36.4 Å². The lowest BCUT2D eigenvalue weighted by atomic mass is 10.0. The van der Waals surface area contributed by atoms with E-state index < -0.39 is 11.6 Å². The number of benzene rings is 2. The van der Waals surface area contributed by atoms with Crippen molar-refractivity contribution in [3.8, 4) is 0 Å². The summed E-state index contributed by atoms with van der Waals surface area (Å²) in [7, 11) is 0. The van der Waals surface area contributed by atoms with Crippen molar-refractivity contribution in [1.82, 2.24) is 0 Å². The fraction of sp³-hybridized carbons (Fsp3) is 0.143. The first-order valence-corrected chi connectivity index (χ1v) is 6.02. The van der Waals surface area contributed by atoms with E-state index in [1.807, 2.05) is 18.2 Å². The van der Waals surface area contributed by atoms with Crippen molar-refractivity contribution < 1.29 is 8.78 Å². The minimum Gasteiger partial charge on any atom is -0.375 e. The monoisotopic (exact) mass is 265 g/mol. The summed E-state index contributed by atoms with van der Waals surface area (Å²) < 4.78 is 26.7. The van der Waals surface area contributed by atoms with Gasteiger partial charge in [0, 0.05) is 11.1 Å². The van der Waals surface area contributed by atoms with Gasteiger partial charge >= 0.3 is 0 Å². The van der Waals surface area contributed by atoms with Gasteiger partial charge in [0.15, 0.2) is 0 Å². The molecule has 0 fully saturated rings. The van der Waals surface area contributed by atoms with Crippen LogP contribution in [-0.2, 0) is 6.42 Å². The molecule has 2 aromatic rings. The SMILES string of the molecule is Fc1cc(F)c2c(c1)CC(c1ccccc1Cl)N2. The van der Waals surface area contributed by atoms with Crippen LogP contribution in [0.5, 0.6) is 0 Å². The Hall–Kier alpha value is -1.61. The molecule has 0 amide bonds. The molecule has 0 saturated carbocycles. The van der Waals surface area contributed by atoms with Crippen molar-refractivity contribution in [2.45, 2.75) is 12.5 Å². The Kier molecular flexibility index (Phi) is 2.71. The lowest BCUT2D eigenvalue weighted by Crippen LogP contribution is -2.06. The second-order valence-corrected chi connectivity index (χ2v) is 4.75. The maximum atomic E-state index is 13.6. The summed E-state index contributed by atoms with van der Waals surface area (Å²) in [4.78, 5) is 0. The van der Waals surface area contributed by atoms with E-state index in [4.69, 9.17) is 11.6 Å². The summed E-state index contributed by atoms with van der Waals surface area (Å²) in [6.45, 7) is 0. The summed E-state index contributed by atoms with van der Waals surface area (Å²) in [5, 5.41) is 3.69. The van der Waals surface area contributed by atoms with E-state index in [2.05, 4.69) is 5.32 Å². The fourth-order valence-electron chi connectivity index (χ4n) is 2.34. The molecule has 1 aliphatic heterocycles. The first-order valence-electron chi connectivity index (χ1n) is 5.64. The van der Waals surface area contributed by atoms with Gasteiger partial charge in [0.05, 0.1) is 11.7 Å². The molecule has 0 radical (unpaired) electrons. The van der Waals surface area contributed by atoms with Gasteiger partial charge in [0.1, 0.15) is 11.6 Å². The summed E-state index contributed by atoms with van der Waals surface area (Å²) in [5.74, 6) is -1.10. The molecule has 1 atom stereocenters. The third-order valence-corrected chi connectivity index (χ3v) is 3.50. The summed E-state index contributed by atoms with van der Waals surface area (Å²) in [5.41, 5.74) is 1.92. The van der Waals surface area contributed by atoms with Crippen LogP contribution in [0.4, 0.5) is 14.5 Å². The van der Waals surface area contributed by atoms with E-state index in [1.165, 1.54) is 6.07 Å². The van der Waals surface area contributed by atoms with Crippen LogP contribution in [0.2, 0.25) is 5.02 Å². The molecule has 4 heteroatoms. The fourth-order valence-corrected chi connectivity index (χ4v) is 2.61. The predicted molar refractivity (Wildman–Crippen MR) is 67.9 cm³/mol. The molecule has 0 spiro atoms. The molecular formula is C14H10ClF2N. The molecular weight excluding hydrogens is 256 g/mol. The number of fused-ring (bicyclic) bond motifs is 1. The molecule has 0 saturated heterocycles. The van der Waals surface area contributed by atoms with Crippen molar-refractivity contribution in [1.29, 1.82) is 0 Å². The minimum absolute atomic E-state index is 0.106.